The number of ether oxygens (including phenoxy) is 2. The first-order valence-electron chi connectivity index (χ1n) is 7.54. The molecular weight excluding hydrogens is 292 g/mol. The van der Waals surface area contributed by atoms with Crippen LogP contribution < -0.4 is 14.8 Å². The molecule has 1 aromatic heterocycles. The van der Waals surface area contributed by atoms with E-state index in [0.717, 1.165) is 28.0 Å². The van der Waals surface area contributed by atoms with Gasteiger partial charge in [-0.05, 0) is 29.8 Å². The average molecular weight is 308 g/mol. The van der Waals surface area contributed by atoms with Gasteiger partial charge in [0.15, 0.2) is 11.5 Å². The van der Waals surface area contributed by atoms with Crippen LogP contribution in [0.15, 0.2) is 48.5 Å². The Morgan fingerprint density at radius 1 is 1.04 bits per heavy atom. The van der Waals surface area contributed by atoms with Crippen LogP contribution in [0.25, 0.3) is 10.9 Å². The Labute approximate surface area is 133 Å². The van der Waals surface area contributed by atoms with Crippen molar-refractivity contribution in [1.82, 2.24) is 10.3 Å². The molecule has 0 bridgehead atoms. The van der Waals surface area contributed by atoms with Gasteiger partial charge in [-0.3, -0.25) is 4.79 Å². The fourth-order valence-electron chi connectivity index (χ4n) is 2.67. The zero-order chi connectivity index (χ0) is 15.6. The van der Waals surface area contributed by atoms with E-state index in [4.69, 9.17) is 9.47 Å². The number of fused-ring (bicyclic) bond motifs is 2. The van der Waals surface area contributed by atoms with Crippen LogP contribution in [0.4, 0.5) is 0 Å². The maximum absolute atomic E-state index is 12.3. The molecule has 2 aromatic carbocycles. The van der Waals surface area contributed by atoms with Crippen LogP contribution in [0.2, 0.25) is 0 Å². The van der Waals surface area contributed by atoms with Crippen molar-refractivity contribution >= 4 is 16.8 Å². The van der Waals surface area contributed by atoms with Gasteiger partial charge in [-0.15, -0.1) is 0 Å². The zero-order valence-corrected chi connectivity index (χ0v) is 12.5. The van der Waals surface area contributed by atoms with Crippen molar-refractivity contribution in [3.8, 4) is 11.5 Å². The summed E-state index contributed by atoms with van der Waals surface area (Å²) in [5, 5.41) is 3.94. The van der Waals surface area contributed by atoms with Gasteiger partial charge in [-0.1, -0.05) is 24.3 Å². The minimum absolute atomic E-state index is 0.129. The largest absolute Gasteiger partial charge is 0.486 e. The molecule has 2 heterocycles. The third kappa shape index (κ3) is 2.73. The lowest BCUT2D eigenvalue weighted by atomic mass is 10.2. The number of hydrogen-bond donors (Lipinski definition) is 2. The van der Waals surface area contributed by atoms with Crippen molar-refractivity contribution in [3.63, 3.8) is 0 Å². The lowest BCUT2D eigenvalue weighted by molar-refractivity contribution is 0.0946. The van der Waals surface area contributed by atoms with Crippen molar-refractivity contribution in [3.05, 3.63) is 59.8 Å². The Balaban J connectivity index is 1.47. The van der Waals surface area contributed by atoms with E-state index in [2.05, 4.69) is 10.3 Å². The Morgan fingerprint density at radius 3 is 2.74 bits per heavy atom. The van der Waals surface area contributed by atoms with Crippen LogP contribution in [0.1, 0.15) is 16.1 Å². The van der Waals surface area contributed by atoms with E-state index in [1.807, 2.05) is 48.5 Å². The molecule has 2 N–H and O–H groups in total. The number of nitrogens with one attached hydrogen (secondary N) is 2. The number of H-pyrrole nitrogens is 1. The SMILES string of the molecule is O=C(NCc1ccc2c(c1)OCCO2)c1cc2ccccc2[nH]1. The second-order valence-electron chi connectivity index (χ2n) is 5.43. The molecule has 116 valence electrons. The number of aromatic nitrogens is 1. The van der Waals surface area contributed by atoms with E-state index in [1.165, 1.54) is 0 Å². The number of carbonyl (C=O) groups excluding carboxylic acids is 1. The Kier molecular flexibility index (Phi) is 3.38. The Hall–Kier alpha value is -2.95. The number of carbonyl (C=O) groups is 1. The van der Waals surface area contributed by atoms with Gasteiger partial charge < -0.3 is 19.8 Å². The summed E-state index contributed by atoms with van der Waals surface area (Å²) in [6.07, 6.45) is 0. The van der Waals surface area contributed by atoms with Crippen molar-refractivity contribution in [2.45, 2.75) is 6.54 Å². The highest BCUT2D eigenvalue weighted by Crippen LogP contribution is 2.30. The monoisotopic (exact) mass is 308 g/mol. The summed E-state index contributed by atoms with van der Waals surface area (Å²) in [5.41, 5.74) is 2.49. The third-order valence-electron chi connectivity index (χ3n) is 3.83. The van der Waals surface area contributed by atoms with Gasteiger partial charge in [-0.25, -0.2) is 0 Å². The zero-order valence-electron chi connectivity index (χ0n) is 12.5. The molecule has 1 aliphatic heterocycles. The van der Waals surface area contributed by atoms with E-state index in [9.17, 15) is 4.79 Å². The molecule has 4 rings (SSSR count). The van der Waals surface area contributed by atoms with Gasteiger partial charge in [0.1, 0.15) is 18.9 Å². The summed E-state index contributed by atoms with van der Waals surface area (Å²) in [5.74, 6) is 1.35. The minimum Gasteiger partial charge on any atom is -0.486 e. The molecule has 0 unspecified atom stereocenters. The van der Waals surface area contributed by atoms with Crippen LogP contribution in [0, 0.1) is 0 Å². The van der Waals surface area contributed by atoms with Crippen molar-refractivity contribution in [2.24, 2.45) is 0 Å². The Bertz CT molecular complexity index is 837. The number of hydrogen-bond acceptors (Lipinski definition) is 3. The highest BCUT2D eigenvalue weighted by Gasteiger charge is 2.13. The molecule has 5 nitrogen and oxygen atoms in total. The highest BCUT2D eigenvalue weighted by atomic mass is 16.6. The van der Waals surface area contributed by atoms with Crippen LogP contribution in [-0.2, 0) is 6.54 Å². The van der Waals surface area contributed by atoms with E-state index < -0.39 is 0 Å². The van der Waals surface area contributed by atoms with Crippen molar-refractivity contribution < 1.29 is 14.3 Å². The molecular formula is C18H16N2O3. The molecule has 5 heteroatoms. The number of rotatable bonds is 3. The first kappa shape index (κ1) is 13.7. The molecule has 3 aromatic rings. The lowest BCUT2D eigenvalue weighted by Gasteiger charge is -2.18. The molecule has 0 aliphatic carbocycles. The summed E-state index contributed by atoms with van der Waals surface area (Å²) in [6.45, 7) is 1.56. The summed E-state index contributed by atoms with van der Waals surface area (Å²) >= 11 is 0. The standard InChI is InChI=1S/C18H16N2O3/c21-18(15-10-13-3-1-2-4-14(13)20-15)19-11-12-5-6-16-17(9-12)23-8-7-22-16/h1-6,9-10,20H,7-8,11H2,(H,19,21). The molecule has 1 aliphatic rings. The predicted octanol–water partition coefficient (Wildman–Crippen LogP) is 2.87. The van der Waals surface area contributed by atoms with Crippen molar-refractivity contribution in [2.75, 3.05) is 13.2 Å². The molecule has 0 radical (unpaired) electrons. The first-order chi connectivity index (χ1) is 11.3. The number of benzene rings is 2. The normalized spacial score (nSPS) is 13.0. The number of aromatic amines is 1. The minimum atomic E-state index is -0.129. The first-order valence-corrected chi connectivity index (χ1v) is 7.54. The quantitative estimate of drug-likeness (QED) is 0.782. The van der Waals surface area contributed by atoms with Gasteiger partial charge >= 0.3 is 0 Å². The van der Waals surface area contributed by atoms with Crippen LogP contribution >= 0.6 is 0 Å². The average Bonchev–Trinajstić information content (AvgIpc) is 3.04. The summed E-state index contributed by atoms with van der Waals surface area (Å²) in [4.78, 5) is 15.4. The van der Waals surface area contributed by atoms with Crippen LogP contribution in [-0.4, -0.2) is 24.1 Å². The fraction of sp³-hybridized carbons (Fsp3) is 0.167. The molecule has 0 fully saturated rings. The smallest absolute Gasteiger partial charge is 0.267 e. The second-order valence-corrected chi connectivity index (χ2v) is 5.43. The van der Waals surface area contributed by atoms with E-state index in [0.29, 0.717) is 25.5 Å². The molecule has 23 heavy (non-hydrogen) atoms. The maximum Gasteiger partial charge on any atom is 0.267 e. The van der Waals surface area contributed by atoms with E-state index in [-0.39, 0.29) is 5.91 Å². The lowest BCUT2D eigenvalue weighted by Crippen LogP contribution is -2.23. The molecule has 0 spiro atoms. The maximum atomic E-state index is 12.3. The molecule has 0 saturated heterocycles. The number of amides is 1. The number of para-hydroxylation sites is 1. The molecule has 0 saturated carbocycles. The summed E-state index contributed by atoms with van der Waals surface area (Å²) in [7, 11) is 0. The highest BCUT2D eigenvalue weighted by molar-refractivity contribution is 5.97. The Morgan fingerprint density at radius 2 is 1.87 bits per heavy atom. The van der Waals surface area contributed by atoms with Crippen LogP contribution in [0.3, 0.4) is 0 Å². The molecule has 1 amide bonds. The van der Waals surface area contributed by atoms with Crippen LogP contribution in [0.5, 0.6) is 11.5 Å². The topological polar surface area (TPSA) is 63.4 Å². The fourth-order valence-corrected chi connectivity index (χ4v) is 2.67. The van der Waals surface area contributed by atoms with Gasteiger partial charge in [0.2, 0.25) is 0 Å². The summed E-state index contributed by atoms with van der Waals surface area (Å²) < 4.78 is 11.0. The van der Waals surface area contributed by atoms with E-state index in [1.54, 1.807) is 0 Å². The molecule has 0 atom stereocenters. The predicted molar refractivity (Wildman–Crippen MR) is 86.9 cm³/mol. The third-order valence-corrected chi connectivity index (χ3v) is 3.83. The van der Waals surface area contributed by atoms with Gasteiger partial charge in [0, 0.05) is 17.4 Å². The van der Waals surface area contributed by atoms with Gasteiger partial charge in [0.25, 0.3) is 5.91 Å². The van der Waals surface area contributed by atoms with Gasteiger partial charge in [0.05, 0.1) is 0 Å². The van der Waals surface area contributed by atoms with E-state index >= 15 is 0 Å². The summed E-state index contributed by atoms with van der Waals surface area (Å²) in [6, 6.07) is 15.4. The van der Waals surface area contributed by atoms with Crippen molar-refractivity contribution in [1.29, 1.82) is 0 Å². The second kappa shape index (κ2) is 5.68. The van der Waals surface area contributed by atoms with Gasteiger partial charge in [-0.2, -0.15) is 0 Å².